The molecule has 0 unspecified atom stereocenters. The molecule has 140 valence electrons. The van der Waals surface area contributed by atoms with Crippen molar-refractivity contribution in [2.45, 2.75) is 38.8 Å². The van der Waals surface area contributed by atoms with Gasteiger partial charge in [0.2, 0.25) is 5.91 Å². The standard InChI is InChI=1S/C22H25N3O2/c1-15-6-8-16(9-7-15)14-23-21(26)17-10-11-18-20(13-17)24(2)22(27)19-5-3-4-12-25(18)19/h6-11,13,19H,3-5,12,14H2,1-2H3,(H,23,26)/t19-/m1/s1. The second-order valence-electron chi connectivity index (χ2n) is 7.47. The third-order valence-corrected chi connectivity index (χ3v) is 5.60. The van der Waals surface area contributed by atoms with E-state index in [2.05, 4.69) is 10.2 Å². The number of hydrogen-bond acceptors (Lipinski definition) is 3. The molecule has 2 aromatic rings. The van der Waals surface area contributed by atoms with Gasteiger partial charge in [0, 0.05) is 25.7 Å². The molecule has 27 heavy (non-hydrogen) atoms. The highest BCUT2D eigenvalue weighted by molar-refractivity contribution is 6.07. The molecular formula is C22H25N3O2. The van der Waals surface area contributed by atoms with Gasteiger partial charge in [-0.2, -0.15) is 0 Å². The van der Waals surface area contributed by atoms with Crippen LogP contribution in [0.25, 0.3) is 0 Å². The molecule has 0 saturated carbocycles. The van der Waals surface area contributed by atoms with E-state index < -0.39 is 0 Å². The van der Waals surface area contributed by atoms with Crippen LogP contribution in [0, 0.1) is 6.92 Å². The van der Waals surface area contributed by atoms with Gasteiger partial charge < -0.3 is 15.1 Å². The van der Waals surface area contributed by atoms with E-state index in [9.17, 15) is 9.59 Å². The van der Waals surface area contributed by atoms with Crippen LogP contribution in [0.1, 0.15) is 40.7 Å². The first kappa shape index (κ1) is 17.6. The first-order chi connectivity index (χ1) is 13.0. The number of carbonyl (C=O) groups excluding carboxylic acids is 2. The van der Waals surface area contributed by atoms with Crippen LogP contribution in [-0.4, -0.2) is 31.4 Å². The van der Waals surface area contributed by atoms with Crippen LogP contribution in [-0.2, 0) is 11.3 Å². The topological polar surface area (TPSA) is 52.7 Å². The summed E-state index contributed by atoms with van der Waals surface area (Å²) in [5.41, 5.74) is 4.72. The van der Waals surface area contributed by atoms with E-state index in [1.54, 1.807) is 11.9 Å². The molecule has 2 aliphatic rings. The first-order valence-electron chi connectivity index (χ1n) is 9.56. The Hall–Kier alpha value is -2.82. The number of fused-ring (bicyclic) bond motifs is 3. The zero-order valence-corrected chi connectivity index (χ0v) is 15.9. The van der Waals surface area contributed by atoms with Crippen LogP contribution in [0.2, 0.25) is 0 Å². The fraction of sp³-hybridized carbons (Fsp3) is 0.364. The number of carbonyl (C=O) groups is 2. The van der Waals surface area contributed by atoms with Crippen LogP contribution in [0.3, 0.4) is 0 Å². The summed E-state index contributed by atoms with van der Waals surface area (Å²) in [6.45, 7) is 3.43. The Morgan fingerprint density at radius 1 is 1.11 bits per heavy atom. The van der Waals surface area contributed by atoms with Crippen molar-refractivity contribution in [2.24, 2.45) is 0 Å². The van der Waals surface area contributed by atoms with Crippen molar-refractivity contribution in [1.82, 2.24) is 5.32 Å². The molecule has 0 bridgehead atoms. The average molecular weight is 363 g/mol. The van der Waals surface area contributed by atoms with Crippen LogP contribution in [0.5, 0.6) is 0 Å². The van der Waals surface area contributed by atoms with Crippen LogP contribution in [0.4, 0.5) is 11.4 Å². The van der Waals surface area contributed by atoms with Gasteiger partial charge in [0.25, 0.3) is 5.91 Å². The van der Waals surface area contributed by atoms with Gasteiger partial charge in [-0.3, -0.25) is 9.59 Å². The third kappa shape index (κ3) is 3.29. The van der Waals surface area contributed by atoms with Crippen molar-refractivity contribution < 1.29 is 9.59 Å². The Labute approximate surface area is 160 Å². The van der Waals surface area contributed by atoms with E-state index >= 15 is 0 Å². The van der Waals surface area contributed by atoms with E-state index in [4.69, 9.17) is 0 Å². The quantitative estimate of drug-likeness (QED) is 0.911. The molecule has 1 fully saturated rings. The smallest absolute Gasteiger partial charge is 0.251 e. The predicted octanol–water partition coefficient (Wildman–Crippen LogP) is 3.26. The van der Waals surface area contributed by atoms with Gasteiger partial charge in [0.15, 0.2) is 0 Å². The summed E-state index contributed by atoms with van der Waals surface area (Å²) in [6.07, 6.45) is 3.10. The van der Waals surface area contributed by atoms with Crippen LogP contribution < -0.4 is 15.1 Å². The Balaban J connectivity index is 1.54. The number of benzene rings is 2. The highest BCUT2D eigenvalue weighted by atomic mass is 16.2. The number of amides is 2. The van der Waals surface area contributed by atoms with Crippen molar-refractivity contribution >= 4 is 23.2 Å². The Morgan fingerprint density at radius 2 is 1.89 bits per heavy atom. The van der Waals surface area contributed by atoms with Crippen molar-refractivity contribution in [3.63, 3.8) is 0 Å². The van der Waals surface area contributed by atoms with Crippen LogP contribution >= 0.6 is 0 Å². The second kappa shape index (κ2) is 7.06. The Bertz CT molecular complexity index is 876. The molecule has 5 heteroatoms. The summed E-state index contributed by atoms with van der Waals surface area (Å²) >= 11 is 0. The number of nitrogens with zero attached hydrogens (tertiary/aromatic N) is 2. The molecule has 0 aromatic heterocycles. The number of anilines is 2. The maximum Gasteiger partial charge on any atom is 0.251 e. The monoisotopic (exact) mass is 363 g/mol. The maximum absolute atomic E-state index is 12.7. The summed E-state index contributed by atoms with van der Waals surface area (Å²) < 4.78 is 0. The van der Waals surface area contributed by atoms with E-state index in [0.29, 0.717) is 12.1 Å². The second-order valence-corrected chi connectivity index (χ2v) is 7.47. The van der Waals surface area contributed by atoms with E-state index in [1.165, 1.54) is 5.56 Å². The highest BCUT2D eigenvalue weighted by Crippen LogP contribution is 2.39. The van der Waals surface area contributed by atoms with E-state index in [-0.39, 0.29) is 17.9 Å². The number of hydrogen-bond donors (Lipinski definition) is 1. The van der Waals surface area contributed by atoms with Crippen molar-refractivity contribution in [3.8, 4) is 0 Å². The molecule has 0 aliphatic carbocycles. The first-order valence-corrected chi connectivity index (χ1v) is 9.56. The van der Waals surface area contributed by atoms with Gasteiger partial charge in [0.1, 0.15) is 6.04 Å². The molecule has 2 aromatic carbocycles. The number of aryl methyl sites for hydroxylation is 1. The summed E-state index contributed by atoms with van der Waals surface area (Å²) in [4.78, 5) is 29.2. The SMILES string of the molecule is Cc1ccc(CNC(=O)c2ccc3c(c2)N(C)C(=O)[C@H]2CCCCN32)cc1. The largest absolute Gasteiger partial charge is 0.358 e. The van der Waals surface area contributed by atoms with Gasteiger partial charge in [0.05, 0.1) is 11.4 Å². The molecule has 2 aliphatic heterocycles. The van der Waals surface area contributed by atoms with Crippen LogP contribution in [0.15, 0.2) is 42.5 Å². The van der Waals surface area contributed by atoms with Gasteiger partial charge in [-0.05, 0) is 49.9 Å². The molecule has 1 saturated heterocycles. The predicted molar refractivity (Wildman–Crippen MR) is 107 cm³/mol. The van der Waals surface area contributed by atoms with Gasteiger partial charge in [-0.1, -0.05) is 29.8 Å². The molecule has 1 atom stereocenters. The summed E-state index contributed by atoms with van der Waals surface area (Å²) in [6, 6.07) is 13.7. The third-order valence-electron chi connectivity index (χ3n) is 5.60. The fourth-order valence-electron chi connectivity index (χ4n) is 3.99. The molecule has 1 N–H and O–H groups in total. The van der Waals surface area contributed by atoms with Gasteiger partial charge in [-0.25, -0.2) is 0 Å². The highest BCUT2D eigenvalue weighted by Gasteiger charge is 2.37. The normalized spacial score (nSPS) is 18.7. The molecule has 4 rings (SSSR count). The lowest BCUT2D eigenvalue weighted by molar-refractivity contribution is -0.120. The minimum atomic E-state index is -0.125. The molecule has 0 radical (unpaired) electrons. The maximum atomic E-state index is 12.7. The Kier molecular flexibility index (Phi) is 4.60. The van der Waals surface area contributed by atoms with Crippen molar-refractivity contribution in [2.75, 3.05) is 23.4 Å². The molecule has 0 spiro atoms. The molecule has 2 heterocycles. The van der Waals surface area contributed by atoms with Gasteiger partial charge >= 0.3 is 0 Å². The minimum Gasteiger partial charge on any atom is -0.358 e. The van der Waals surface area contributed by atoms with E-state index in [0.717, 1.165) is 42.7 Å². The number of likely N-dealkylation sites (N-methyl/N-ethyl adjacent to an activating group) is 1. The lowest BCUT2D eigenvalue weighted by Gasteiger charge is -2.44. The van der Waals surface area contributed by atoms with E-state index in [1.807, 2.05) is 49.4 Å². The van der Waals surface area contributed by atoms with Gasteiger partial charge in [-0.15, -0.1) is 0 Å². The Morgan fingerprint density at radius 3 is 2.67 bits per heavy atom. The average Bonchev–Trinajstić information content (AvgIpc) is 2.71. The summed E-state index contributed by atoms with van der Waals surface area (Å²) in [7, 11) is 1.81. The van der Waals surface area contributed by atoms with Crippen molar-refractivity contribution in [3.05, 3.63) is 59.2 Å². The zero-order valence-electron chi connectivity index (χ0n) is 15.9. The summed E-state index contributed by atoms with van der Waals surface area (Å²) in [5, 5.41) is 2.97. The molecule has 2 amide bonds. The minimum absolute atomic E-state index is 0.0579. The fourth-order valence-corrected chi connectivity index (χ4v) is 3.99. The lowest BCUT2D eigenvalue weighted by atomic mass is 9.96. The van der Waals surface area contributed by atoms with Crippen molar-refractivity contribution in [1.29, 1.82) is 0 Å². The number of rotatable bonds is 3. The summed E-state index contributed by atoms with van der Waals surface area (Å²) in [5.74, 6) is -0.000551. The number of piperidine rings is 1. The zero-order chi connectivity index (χ0) is 19.0. The lowest BCUT2D eigenvalue weighted by Crippen LogP contribution is -2.54. The molecular weight excluding hydrogens is 338 g/mol. The molecule has 5 nitrogen and oxygen atoms in total. The number of nitrogens with one attached hydrogen (secondary N) is 1.